The summed E-state index contributed by atoms with van der Waals surface area (Å²) < 4.78 is 2.61. The van der Waals surface area contributed by atoms with Crippen LogP contribution in [0.4, 0.5) is 5.82 Å². The van der Waals surface area contributed by atoms with Crippen molar-refractivity contribution in [2.24, 2.45) is 20.0 Å². The van der Waals surface area contributed by atoms with Crippen molar-refractivity contribution in [2.75, 3.05) is 51.2 Å². The molecule has 2 fully saturated rings. The highest BCUT2D eigenvalue weighted by molar-refractivity contribution is 5.79. The van der Waals surface area contributed by atoms with E-state index >= 15 is 0 Å². The zero-order valence-electron chi connectivity index (χ0n) is 15.3. The third-order valence-corrected chi connectivity index (χ3v) is 5.48. The quantitative estimate of drug-likeness (QED) is 0.690. The number of hydrogen-bond acceptors (Lipinski definition) is 5. The second-order valence-corrected chi connectivity index (χ2v) is 7.13. The summed E-state index contributed by atoms with van der Waals surface area (Å²) in [5.41, 5.74) is -0.619. The first-order chi connectivity index (χ1) is 11.9. The second kappa shape index (κ2) is 7.03. The Morgan fingerprint density at radius 3 is 2.12 bits per heavy atom. The summed E-state index contributed by atoms with van der Waals surface area (Å²) in [6.07, 6.45) is 1.52. The molecule has 0 bridgehead atoms. The molecule has 2 aliphatic rings. The molecular weight excluding hydrogens is 322 g/mol. The fourth-order valence-corrected chi connectivity index (χ4v) is 3.67. The number of piperazine rings is 1. The fourth-order valence-electron chi connectivity index (χ4n) is 3.67. The number of amides is 1. The summed E-state index contributed by atoms with van der Waals surface area (Å²) in [5.74, 6) is 0.937. The second-order valence-electron chi connectivity index (χ2n) is 7.13. The Kier molecular flexibility index (Phi) is 4.99. The lowest BCUT2D eigenvalue weighted by atomic mass is 9.95. The molecule has 0 aliphatic carbocycles. The molecule has 0 aromatic carbocycles. The Morgan fingerprint density at radius 1 is 0.920 bits per heavy atom. The van der Waals surface area contributed by atoms with Gasteiger partial charge in [-0.05, 0) is 19.9 Å². The van der Waals surface area contributed by atoms with Crippen LogP contribution in [0.1, 0.15) is 12.8 Å². The highest BCUT2D eigenvalue weighted by Gasteiger charge is 2.30. The smallest absolute Gasteiger partial charge is 0.332 e. The van der Waals surface area contributed by atoms with Gasteiger partial charge in [-0.3, -0.25) is 18.7 Å². The number of carbonyl (C=O) groups excluding carboxylic acids is 1. The van der Waals surface area contributed by atoms with E-state index in [-0.39, 0.29) is 23.1 Å². The minimum atomic E-state index is -0.321. The standard InChI is InChI=1S/C17H27N5O3/c1-18-8-10-22(11-9-18)16(24)13-4-6-21(7-5-13)14-12-15(23)20(3)17(25)19(14)2/h12-13H,4-11H2,1-3H3. The van der Waals surface area contributed by atoms with Gasteiger partial charge in [-0.25, -0.2) is 4.79 Å². The van der Waals surface area contributed by atoms with E-state index in [2.05, 4.69) is 11.9 Å². The van der Waals surface area contributed by atoms with Crippen molar-refractivity contribution in [3.8, 4) is 0 Å². The van der Waals surface area contributed by atoms with Crippen LogP contribution in [0.2, 0.25) is 0 Å². The van der Waals surface area contributed by atoms with Gasteiger partial charge >= 0.3 is 5.69 Å². The minimum Gasteiger partial charge on any atom is -0.358 e. The van der Waals surface area contributed by atoms with Crippen molar-refractivity contribution in [1.29, 1.82) is 0 Å². The first-order valence-corrected chi connectivity index (χ1v) is 8.88. The molecule has 0 N–H and O–H groups in total. The average Bonchev–Trinajstić information content (AvgIpc) is 2.63. The maximum atomic E-state index is 12.7. The molecule has 1 aromatic heterocycles. The number of piperidine rings is 1. The molecule has 1 amide bonds. The lowest BCUT2D eigenvalue weighted by Gasteiger charge is -2.38. The molecular formula is C17H27N5O3. The summed E-state index contributed by atoms with van der Waals surface area (Å²) in [6.45, 7) is 4.84. The zero-order valence-corrected chi connectivity index (χ0v) is 15.3. The van der Waals surface area contributed by atoms with Crippen LogP contribution in [0.3, 0.4) is 0 Å². The Balaban J connectivity index is 1.65. The predicted octanol–water partition coefficient (Wildman–Crippen LogP) is -0.926. The summed E-state index contributed by atoms with van der Waals surface area (Å²) >= 11 is 0. The van der Waals surface area contributed by atoms with E-state index in [4.69, 9.17) is 0 Å². The Labute approximate surface area is 147 Å². The molecule has 25 heavy (non-hydrogen) atoms. The highest BCUT2D eigenvalue weighted by atomic mass is 16.2. The predicted molar refractivity (Wildman–Crippen MR) is 95.9 cm³/mol. The lowest BCUT2D eigenvalue weighted by molar-refractivity contribution is -0.137. The molecule has 0 spiro atoms. The van der Waals surface area contributed by atoms with Gasteiger partial charge in [0.1, 0.15) is 5.82 Å². The minimum absolute atomic E-state index is 0.0447. The van der Waals surface area contributed by atoms with E-state index in [0.29, 0.717) is 18.9 Å². The average molecular weight is 349 g/mol. The van der Waals surface area contributed by atoms with E-state index in [0.717, 1.165) is 43.6 Å². The van der Waals surface area contributed by atoms with Gasteiger partial charge in [0.15, 0.2) is 0 Å². The number of anilines is 1. The highest BCUT2D eigenvalue weighted by Crippen LogP contribution is 2.23. The molecule has 138 valence electrons. The number of likely N-dealkylation sites (N-methyl/N-ethyl adjacent to an activating group) is 1. The van der Waals surface area contributed by atoms with E-state index in [1.807, 2.05) is 9.80 Å². The number of nitrogens with zero attached hydrogens (tertiary/aromatic N) is 5. The van der Waals surface area contributed by atoms with Crippen molar-refractivity contribution in [1.82, 2.24) is 18.9 Å². The van der Waals surface area contributed by atoms with Gasteiger partial charge in [-0.15, -0.1) is 0 Å². The van der Waals surface area contributed by atoms with Crippen LogP contribution in [0.15, 0.2) is 15.7 Å². The van der Waals surface area contributed by atoms with Crippen LogP contribution < -0.4 is 16.1 Å². The number of hydrogen-bond donors (Lipinski definition) is 0. The zero-order chi connectivity index (χ0) is 18.1. The van der Waals surface area contributed by atoms with E-state index in [1.165, 1.54) is 17.7 Å². The van der Waals surface area contributed by atoms with Crippen LogP contribution in [-0.4, -0.2) is 71.2 Å². The van der Waals surface area contributed by atoms with Gasteiger partial charge in [-0.1, -0.05) is 0 Å². The molecule has 3 heterocycles. The third-order valence-electron chi connectivity index (χ3n) is 5.48. The largest absolute Gasteiger partial charge is 0.358 e. The monoisotopic (exact) mass is 349 g/mol. The van der Waals surface area contributed by atoms with Crippen LogP contribution in [-0.2, 0) is 18.9 Å². The topological polar surface area (TPSA) is 70.8 Å². The molecule has 0 atom stereocenters. The van der Waals surface area contributed by atoms with E-state index in [9.17, 15) is 14.4 Å². The van der Waals surface area contributed by atoms with Gasteiger partial charge in [-0.2, -0.15) is 0 Å². The maximum absolute atomic E-state index is 12.7. The number of carbonyl (C=O) groups is 1. The molecule has 0 saturated carbocycles. The van der Waals surface area contributed by atoms with Gasteiger partial charge in [0.2, 0.25) is 5.91 Å². The molecule has 2 saturated heterocycles. The summed E-state index contributed by atoms with van der Waals surface area (Å²) in [4.78, 5) is 43.0. The van der Waals surface area contributed by atoms with Crippen LogP contribution in [0.25, 0.3) is 0 Å². The normalized spacial score (nSPS) is 20.1. The van der Waals surface area contributed by atoms with E-state index in [1.54, 1.807) is 7.05 Å². The van der Waals surface area contributed by atoms with Gasteiger partial charge in [0.05, 0.1) is 0 Å². The Bertz CT molecular complexity index is 753. The first-order valence-electron chi connectivity index (χ1n) is 8.88. The summed E-state index contributed by atoms with van der Waals surface area (Å²) in [7, 11) is 5.24. The van der Waals surface area contributed by atoms with Crippen molar-refractivity contribution >= 4 is 11.7 Å². The molecule has 0 radical (unpaired) electrons. The summed E-state index contributed by atoms with van der Waals surface area (Å²) in [5, 5.41) is 0. The SMILES string of the molecule is CN1CCN(C(=O)C2CCN(c3cc(=O)n(C)c(=O)n3C)CC2)CC1. The Hall–Kier alpha value is -2.09. The van der Waals surface area contributed by atoms with Gasteiger partial charge in [0.25, 0.3) is 5.56 Å². The number of aromatic nitrogens is 2. The van der Waals surface area contributed by atoms with Crippen molar-refractivity contribution < 1.29 is 4.79 Å². The lowest BCUT2D eigenvalue weighted by Crippen LogP contribution is -2.51. The van der Waals surface area contributed by atoms with Crippen molar-refractivity contribution in [3.05, 3.63) is 26.9 Å². The van der Waals surface area contributed by atoms with Crippen LogP contribution in [0, 0.1) is 5.92 Å². The van der Waals surface area contributed by atoms with Crippen LogP contribution in [0.5, 0.6) is 0 Å². The number of rotatable bonds is 2. The van der Waals surface area contributed by atoms with Crippen molar-refractivity contribution in [3.63, 3.8) is 0 Å². The third kappa shape index (κ3) is 3.49. The summed E-state index contributed by atoms with van der Waals surface area (Å²) in [6, 6.07) is 1.50. The molecule has 8 heteroatoms. The first kappa shape index (κ1) is 17.7. The fraction of sp³-hybridized carbons (Fsp3) is 0.706. The van der Waals surface area contributed by atoms with Crippen LogP contribution >= 0.6 is 0 Å². The van der Waals surface area contributed by atoms with Gasteiger partial charge in [0, 0.05) is 65.3 Å². The van der Waals surface area contributed by atoms with E-state index < -0.39 is 0 Å². The molecule has 0 unspecified atom stereocenters. The maximum Gasteiger partial charge on any atom is 0.332 e. The Morgan fingerprint density at radius 2 is 1.52 bits per heavy atom. The van der Waals surface area contributed by atoms with Crippen molar-refractivity contribution in [2.45, 2.75) is 12.8 Å². The molecule has 3 rings (SSSR count). The molecule has 8 nitrogen and oxygen atoms in total. The van der Waals surface area contributed by atoms with Gasteiger partial charge < -0.3 is 14.7 Å². The molecule has 2 aliphatic heterocycles. The molecule has 1 aromatic rings.